The van der Waals surface area contributed by atoms with Crippen molar-refractivity contribution >= 4 is 11.9 Å². The molecule has 0 spiro atoms. The van der Waals surface area contributed by atoms with Gasteiger partial charge >= 0.3 is 5.97 Å². The summed E-state index contributed by atoms with van der Waals surface area (Å²) in [6, 6.07) is 0. The predicted octanol–water partition coefficient (Wildman–Crippen LogP) is -0.0108. The third-order valence-corrected chi connectivity index (χ3v) is 3.16. The summed E-state index contributed by atoms with van der Waals surface area (Å²) in [5.41, 5.74) is 0. The molecule has 1 rings (SSSR count). The second kappa shape index (κ2) is 9.68. The molecule has 1 heterocycles. The third kappa shape index (κ3) is 6.31. The number of likely N-dealkylation sites (tertiary alicyclic amines) is 1. The van der Waals surface area contributed by atoms with E-state index in [-0.39, 0.29) is 12.5 Å². The Bertz CT molecular complexity index is 309. The summed E-state index contributed by atoms with van der Waals surface area (Å²) >= 11 is 0. The van der Waals surface area contributed by atoms with Gasteiger partial charge in [0.1, 0.15) is 0 Å². The van der Waals surface area contributed by atoms with Crippen LogP contribution in [0, 0.1) is 5.92 Å². The van der Waals surface area contributed by atoms with Crippen molar-refractivity contribution in [2.24, 2.45) is 5.92 Å². The molecule has 1 fully saturated rings. The maximum absolute atomic E-state index is 11.6. The van der Waals surface area contributed by atoms with E-state index in [1.54, 1.807) is 12.0 Å². The molecule has 0 aliphatic carbocycles. The molecule has 1 saturated heterocycles. The third-order valence-electron chi connectivity index (χ3n) is 3.16. The fourth-order valence-corrected chi connectivity index (χ4v) is 1.97. The molecule has 7 heteroatoms. The van der Waals surface area contributed by atoms with Crippen molar-refractivity contribution in [1.82, 2.24) is 4.90 Å². The molecule has 20 heavy (non-hydrogen) atoms. The highest BCUT2D eigenvalue weighted by Crippen LogP contribution is 2.17. The number of hydrogen-bond acceptors (Lipinski definition) is 5. The van der Waals surface area contributed by atoms with Crippen LogP contribution in [0.2, 0.25) is 0 Å². The van der Waals surface area contributed by atoms with E-state index in [0.29, 0.717) is 52.4 Å². The highest BCUT2D eigenvalue weighted by molar-refractivity contribution is 5.80. The minimum absolute atomic E-state index is 0.00226. The van der Waals surface area contributed by atoms with E-state index in [9.17, 15) is 9.59 Å². The van der Waals surface area contributed by atoms with Crippen molar-refractivity contribution in [3.8, 4) is 0 Å². The van der Waals surface area contributed by atoms with Gasteiger partial charge in [0.2, 0.25) is 5.91 Å². The van der Waals surface area contributed by atoms with Crippen molar-refractivity contribution in [2.75, 3.05) is 53.2 Å². The van der Waals surface area contributed by atoms with Crippen LogP contribution in [0.1, 0.15) is 12.8 Å². The molecule has 1 unspecified atom stereocenters. The number of carboxylic acid groups (broad SMARTS) is 1. The number of carbonyl (C=O) groups is 2. The molecular weight excluding hydrogens is 266 g/mol. The van der Waals surface area contributed by atoms with Gasteiger partial charge in [-0.2, -0.15) is 0 Å². The number of aliphatic carboxylic acids is 1. The molecular formula is C13H23NO6. The standard InChI is InChI=1S/C13H23NO6/c1-18-6-7-20-9-8-19-5-4-14-10-11(13(16)17)2-3-12(14)15/h11H,2-10H2,1H3,(H,16,17). The van der Waals surface area contributed by atoms with E-state index < -0.39 is 11.9 Å². The first kappa shape index (κ1) is 16.9. The highest BCUT2D eigenvalue weighted by atomic mass is 16.5. The summed E-state index contributed by atoms with van der Waals surface area (Å²) in [7, 11) is 1.61. The van der Waals surface area contributed by atoms with Gasteiger partial charge in [-0.1, -0.05) is 0 Å². The van der Waals surface area contributed by atoms with Gasteiger partial charge in [-0.3, -0.25) is 9.59 Å². The number of carboxylic acids is 1. The minimum Gasteiger partial charge on any atom is -0.481 e. The number of methoxy groups -OCH3 is 1. The average molecular weight is 289 g/mol. The van der Waals surface area contributed by atoms with Crippen LogP contribution >= 0.6 is 0 Å². The molecule has 0 saturated carbocycles. The summed E-state index contributed by atoms with van der Waals surface area (Å²) in [6.07, 6.45) is 0.732. The molecule has 0 radical (unpaired) electrons. The summed E-state index contributed by atoms with van der Waals surface area (Å²) in [4.78, 5) is 24.1. The molecule has 0 aromatic heterocycles. The lowest BCUT2D eigenvalue weighted by molar-refractivity contribution is -0.147. The van der Waals surface area contributed by atoms with Gasteiger partial charge in [-0.15, -0.1) is 0 Å². The van der Waals surface area contributed by atoms with E-state index in [0.717, 1.165) is 0 Å². The second-order valence-electron chi connectivity index (χ2n) is 4.63. The molecule has 116 valence electrons. The van der Waals surface area contributed by atoms with Gasteiger partial charge < -0.3 is 24.2 Å². The van der Waals surface area contributed by atoms with Crippen LogP contribution in [0.25, 0.3) is 0 Å². The monoisotopic (exact) mass is 289 g/mol. The van der Waals surface area contributed by atoms with Crippen molar-refractivity contribution in [3.05, 3.63) is 0 Å². The van der Waals surface area contributed by atoms with Crippen molar-refractivity contribution in [2.45, 2.75) is 12.8 Å². The zero-order valence-corrected chi connectivity index (χ0v) is 11.9. The van der Waals surface area contributed by atoms with Crippen molar-refractivity contribution in [3.63, 3.8) is 0 Å². The zero-order chi connectivity index (χ0) is 14.8. The smallest absolute Gasteiger partial charge is 0.308 e. The van der Waals surface area contributed by atoms with Crippen LogP contribution in [0.5, 0.6) is 0 Å². The highest BCUT2D eigenvalue weighted by Gasteiger charge is 2.29. The van der Waals surface area contributed by atoms with Gasteiger partial charge in [-0.05, 0) is 6.42 Å². The van der Waals surface area contributed by atoms with Crippen LogP contribution in [-0.2, 0) is 23.8 Å². The molecule has 0 aromatic rings. The molecule has 0 aromatic carbocycles. The molecule has 0 bridgehead atoms. The second-order valence-corrected chi connectivity index (χ2v) is 4.63. The number of carbonyl (C=O) groups excluding carboxylic acids is 1. The van der Waals surface area contributed by atoms with E-state index in [4.69, 9.17) is 19.3 Å². The topological polar surface area (TPSA) is 85.3 Å². The Kier molecular flexibility index (Phi) is 8.17. The maximum atomic E-state index is 11.6. The Balaban J connectivity index is 2.08. The van der Waals surface area contributed by atoms with Gasteiger partial charge in [0.05, 0.1) is 39.0 Å². The van der Waals surface area contributed by atoms with E-state index in [2.05, 4.69) is 0 Å². The Morgan fingerprint density at radius 2 is 1.90 bits per heavy atom. The summed E-state index contributed by atoms with van der Waals surface area (Å²) in [5, 5.41) is 8.96. The summed E-state index contributed by atoms with van der Waals surface area (Å²) < 4.78 is 15.4. The molecule has 1 N–H and O–H groups in total. The summed E-state index contributed by atoms with van der Waals surface area (Å²) in [5.74, 6) is -1.29. The lowest BCUT2D eigenvalue weighted by atomic mass is 9.98. The Morgan fingerprint density at radius 3 is 2.55 bits per heavy atom. The zero-order valence-electron chi connectivity index (χ0n) is 11.9. The van der Waals surface area contributed by atoms with Gasteiger partial charge in [0.25, 0.3) is 0 Å². The SMILES string of the molecule is COCCOCCOCCN1CC(C(=O)O)CCC1=O. The van der Waals surface area contributed by atoms with Gasteiger partial charge in [0, 0.05) is 26.6 Å². The minimum atomic E-state index is -0.838. The first-order chi connectivity index (χ1) is 9.65. The first-order valence-electron chi connectivity index (χ1n) is 6.80. The maximum Gasteiger partial charge on any atom is 0.308 e. The fraction of sp³-hybridized carbons (Fsp3) is 0.846. The number of rotatable bonds is 10. The van der Waals surface area contributed by atoms with Crippen LogP contribution in [0.3, 0.4) is 0 Å². The number of nitrogens with zero attached hydrogens (tertiary/aromatic N) is 1. The fourth-order valence-electron chi connectivity index (χ4n) is 1.97. The summed E-state index contributed by atoms with van der Waals surface area (Å²) in [6.45, 7) is 3.13. The lowest BCUT2D eigenvalue weighted by Gasteiger charge is -2.30. The Hall–Kier alpha value is -1.18. The van der Waals surface area contributed by atoms with Crippen molar-refractivity contribution < 1.29 is 28.9 Å². The average Bonchev–Trinajstić information content (AvgIpc) is 2.43. The number of amides is 1. The Labute approximate surface area is 118 Å². The van der Waals surface area contributed by atoms with Crippen LogP contribution in [0.15, 0.2) is 0 Å². The number of ether oxygens (including phenoxy) is 3. The first-order valence-corrected chi connectivity index (χ1v) is 6.80. The number of piperidine rings is 1. The number of hydrogen-bond donors (Lipinski definition) is 1. The quantitative estimate of drug-likeness (QED) is 0.569. The van der Waals surface area contributed by atoms with E-state index in [1.807, 2.05) is 0 Å². The molecule has 1 aliphatic heterocycles. The van der Waals surface area contributed by atoms with E-state index in [1.165, 1.54) is 0 Å². The van der Waals surface area contributed by atoms with Crippen molar-refractivity contribution in [1.29, 1.82) is 0 Å². The Morgan fingerprint density at radius 1 is 1.25 bits per heavy atom. The van der Waals surface area contributed by atoms with Crippen LogP contribution < -0.4 is 0 Å². The lowest BCUT2D eigenvalue weighted by Crippen LogP contribution is -2.44. The van der Waals surface area contributed by atoms with Crippen LogP contribution in [-0.4, -0.2) is 75.1 Å². The molecule has 7 nitrogen and oxygen atoms in total. The van der Waals surface area contributed by atoms with Gasteiger partial charge in [-0.25, -0.2) is 0 Å². The van der Waals surface area contributed by atoms with E-state index >= 15 is 0 Å². The molecule has 1 aliphatic rings. The normalized spacial score (nSPS) is 19.4. The van der Waals surface area contributed by atoms with Crippen LogP contribution in [0.4, 0.5) is 0 Å². The molecule has 1 amide bonds. The predicted molar refractivity (Wildman–Crippen MR) is 70.5 cm³/mol. The largest absolute Gasteiger partial charge is 0.481 e. The molecule has 1 atom stereocenters. The van der Waals surface area contributed by atoms with Gasteiger partial charge in [0.15, 0.2) is 0 Å².